The third kappa shape index (κ3) is 0.950. The van der Waals surface area contributed by atoms with Crippen LogP contribution in [-0.2, 0) is 0 Å². The first-order valence-corrected chi connectivity index (χ1v) is 5.57. The maximum Gasteiger partial charge on any atom is 0.0673 e. The summed E-state index contributed by atoms with van der Waals surface area (Å²) in [6.07, 6.45) is 0. The second kappa shape index (κ2) is 2.15. The van der Waals surface area contributed by atoms with Gasteiger partial charge in [-0.05, 0) is 0 Å². The van der Waals surface area contributed by atoms with Gasteiger partial charge in [-0.2, -0.15) is 0 Å². The Morgan fingerprint density at radius 3 is 1.17 bits per heavy atom. The molecule has 0 saturated heterocycles. The molecule has 6 heavy (non-hydrogen) atoms. The van der Waals surface area contributed by atoms with E-state index in [2.05, 4.69) is 22.8 Å². The van der Waals surface area contributed by atoms with Crippen LogP contribution in [0.25, 0.3) is 0 Å². The maximum absolute atomic E-state index is 2.38. The Morgan fingerprint density at radius 1 is 0.667 bits per heavy atom. The molecule has 0 bridgehead atoms. The van der Waals surface area contributed by atoms with Gasteiger partial charge < -0.3 is 0 Å². The molecule has 0 N–H and O–H groups in total. The van der Waals surface area contributed by atoms with Gasteiger partial charge >= 0.3 is 0 Å². The summed E-state index contributed by atoms with van der Waals surface area (Å²) >= 11 is 0. The van der Waals surface area contributed by atoms with Crippen LogP contribution in [-0.4, -0.2) is 19.0 Å². The van der Waals surface area contributed by atoms with E-state index in [1.165, 1.54) is 0 Å². The predicted octanol–water partition coefficient (Wildman–Crippen LogP) is -0.720. The van der Waals surface area contributed by atoms with Gasteiger partial charge in [0.15, 0.2) is 0 Å². The Labute approximate surface area is 42.6 Å². The van der Waals surface area contributed by atoms with Crippen molar-refractivity contribution < 1.29 is 0 Å². The normalized spacial score (nSPS) is 26.7. The summed E-state index contributed by atoms with van der Waals surface area (Å²) in [4.78, 5) is 0. The quantitative estimate of drug-likeness (QED) is 0.363. The van der Waals surface area contributed by atoms with Gasteiger partial charge in [0.05, 0.1) is 19.0 Å². The number of rotatable bonds is 0. The SMILES string of the molecule is C1=C[SiH2]C=C[SiH2]1. The topological polar surface area (TPSA) is 0 Å². The van der Waals surface area contributed by atoms with Crippen molar-refractivity contribution in [3.63, 3.8) is 0 Å². The smallest absolute Gasteiger partial charge is 0.0673 e. The van der Waals surface area contributed by atoms with Crippen molar-refractivity contribution in [1.29, 1.82) is 0 Å². The summed E-state index contributed by atoms with van der Waals surface area (Å²) in [6, 6.07) is 0. The molecule has 0 radical (unpaired) electrons. The molecule has 32 valence electrons. The molecule has 2 heteroatoms. The minimum Gasteiger partial charge on any atom is -0.105 e. The first-order valence-electron chi connectivity index (χ1n) is 2.30. The fourth-order valence-corrected chi connectivity index (χ4v) is 3.94. The molecule has 0 saturated carbocycles. The van der Waals surface area contributed by atoms with Crippen LogP contribution in [0.2, 0.25) is 0 Å². The predicted molar refractivity (Wildman–Crippen MR) is 35.4 cm³/mol. The van der Waals surface area contributed by atoms with E-state index in [9.17, 15) is 0 Å². The molecule has 0 aromatic carbocycles. The molecule has 0 unspecified atom stereocenters. The highest BCUT2D eigenvalue weighted by molar-refractivity contribution is 6.60. The van der Waals surface area contributed by atoms with Gasteiger partial charge in [-0.1, -0.05) is 0 Å². The second-order valence-corrected chi connectivity index (χ2v) is 4.24. The van der Waals surface area contributed by atoms with Gasteiger partial charge in [-0.15, -0.1) is 22.8 Å². The van der Waals surface area contributed by atoms with Crippen molar-refractivity contribution in [2.24, 2.45) is 0 Å². The lowest BCUT2D eigenvalue weighted by Crippen LogP contribution is -1.88. The van der Waals surface area contributed by atoms with Crippen LogP contribution < -0.4 is 0 Å². The zero-order valence-electron chi connectivity index (χ0n) is 3.72. The molecule has 0 aromatic heterocycles. The highest BCUT2D eigenvalue weighted by atomic mass is 28.2. The minimum atomic E-state index is 0.182. The Kier molecular flexibility index (Phi) is 1.46. The van der Waals surface area contributed by atoms with Crippen LogP contribution in [0.1, 0.15) is 0 Å². The van der Waals surface area contributed by atoms with E-state index in [1.807, 2.05) is 0 Å². The number of hydrogen-bond donors (Lipinski definition) is 0. The maximum atomic E-state index is 2.38. The van der Waals surface area contributed by atoms with Crippen molar-refractivity contribution in [2.75, 3.05) is 0 Å². The second-order valence-electron chi connectivity index (χ2n) is 1.41. The highest BCUT2D eigenvalue weighted by Gasteiger charge is 1.78. The largest absolute Gasteiger partial charge is 0.105 e. The average molecular weight is 112 g/mol. The zero-order chi connectivity index (χ0) is 4.24. The lowest BCUT2D eigenvalue weighted by atomic mass is 11.2. The van der Waals surface area contributed by atoms with E-state index in [4.69, 9.17) is 0 Å². The van der Waals surface area contributed by atoms with Gasteiger partial charge in [-0.3, -0.25) is 0 Å². The monoisotopic (exact) mass is 112 g/mol. The molecule has 0 aliphatic carbocycles. The third-order valence-electron chi connectivity index (χ3n) is 0.878. The van der Waals surface area contributed by atoms with Crippen LogP contribution in [0.3, 0.4) is 0 Å². The molecule has 0 atom stereocenters. The van der Waals surface area contributed by atoms with Crippen molar-refractivity contribution >= 4 is 19.0 Å². The third-order valence-corrected chi connectivity index (χ3v) is 4.63. The molecule has 1 heterocycles. The van der Waals surface area contributed by atoms with Gasteiger partial charge in [0, 0.05) is 0 Å². The van der Waals surface area contributed by atoms with Crippen LogP contribution in [0.15, 0.2) is 22.8 Å². The molecular formula is C4H8Si2. The molecule has 1 rings (SSSR count). The Morgan fingerprint density at radius 2 is 1.00 bits per heavy atom. The fraction of sp³-hybridized carbons (Fsp3) is 0. The van der Waals surface area contributed by atoms with E-state index in [0.29, 0.717) is 0 Å². The van der Waals surface area contributed by atoms with Crippen molar-refractivity contribution in [3.8, 4) is 0 Å². The molecule has 0 spiro atoms. The standard InChI is InChI=1S/C4H8Si2/c1-2-6-4-3-5-1/h1-4H,5-6H2. The lowest BCUT2D eigenvalue weighted by molar-refractivity contribution is 2.24. The molecule has 0 aromatic rings. The van der Waals surface area contributed by atoms with Crippen LogP contribution in [0.5, 0.6) is 0 Å². The van der Waals surface area contributed by atoms with Gasteiger partial charge in [-0.25, -0.2) is 0 Å². The fourth-order valence-electron chi connectivity index (χ4n) is 0.542. The van der Waals surface area contributed by atoms with E-state index >= 15 is 0 Å². The molecule has 1 aliphatic heterocycles. The van der Waals surface area contributed by atoms with Crippen molar-refractivity contribution in [3.05, 3.63) is 22.8 Å². The van der Waals surface area contributed by atoms with E-state index in [-0.39, 0.29) is 19.0 Å². The zero-order valence-corrected chi connectivity index (χ0v) is 6.55. The first kappa shape index (κ1) is 4.08. The first-order chi connectivity index (χ1) is 3.00. The molecule has 0 fully saturated rings. The van der Waals surface area contributed by atoms with Gasteiger partial charge in [0.2, 0.25) is 0 Å². The van der Waals surface area contributed by atoms with E-state index in [0.717, 1.165) is 0 Å². The Hall–Kier alpha value is -0.0862. The summed E-state index contributed by atoms with van der Waals surface area (Å²) in [7, 11) is 0.364. The van der Waals surface area contributed by atoms with Gasteiger partial charge in [0.25, 0.3) is 0 Å². The van der Waals surface area contributed by atoms with Crippen LogP contribution in [0, 0.1) is 0 Å². The molecule has 0 nitrogen and oxygen atoms in total. The summed E-state index contributed by atoms with van der Waals surface area (Å²) in [5.41, 5.74) is 9.52. The summed E-state index contributed by atoms with van der Waals surface area (Å²) in [5, 5.41) is 0. The Bertz CT molecular complexity index is 63.5. The van der Waals surface area contributed by atoms with E-state index in [1.54, 1.807) is 0 Å². The van der Waals surface area contributed by atoms with Gasteiger partial charge in [0.1, 0.15) is 0 Å². The minimum absolute atomic E-state index is 0.182. The number of hydrogen-bond acceptors (Lipinski definition) is 0. The average Bonchev–Trinajstić information content (AvgIpc) is 1.72. The highest BCUT2D eigenvalue weighted by Crippen LogP contribution is 1.79. The van der Waals surface area contributed by atoms with Crippen LogP contribution >= 0.6 is 0 Å². The molecule has 0 amide bonds. The summed E-state index contributed by atoms with van der Waals surface area (Å²) in [5.74, 6) is 0. The van der Waals surface area contributed by atoms with Crippen molar-refractivity contribution in [2.45, 2.75) is 0 Å². The Balaban J connectivity index is 2.40. The van der Waals surface area contributed by atoms with Crippen LogP contribution in [0.4, 0.5) is 0 Å². The van der Waals surface area contributed by atoms with Crippen molar-refractivity contribution in [1.82, 2.24) is 0 Å². The molecular weight excluding hydrogens is 104 g/mol. The van der Waals surface area contributed by atoms with E-state index < -0.39 is 0 Å². The summed E-state index contributed by atoms with van der Waals surface area (Å²) < 4.78 is 0. The lowest BCUT2D eigenvalue weighted by Gasteiger charge is -1.85. The molecule has 1 aliphatic rings. The summed E-state index contributed by atoms with van der Waals surface area (Å²) in [6.45, 7) is 0.